The van der Waals surface area contributed by atoms with E-state index in [2.05, 4.69) is 4.72 Å². The number of sulfonamides is 1. The van der Waals surface area contributed by atoms with E-state index in [1.165, 1.54) is 25.3 Å². The predicted octanol–water partition coefficient (Wildman–Crippen LogP) is 2.76. The Morgan fingerprint density at radius 1 is 1.16 bits per heavy atom. The second-order valence-corrected chi connectivity index (χ2v) is 7.28. The van der Waals surface area contributed by atoms with E-state index < -0.39 is 15.8 Å². The number of hydrogen-bond donors (Lipinski definition) is 1. The molecular formula is C17H17FN2O4S. The zero-order valence-corrected chi connectivity index (χ0v) is 14.3. The van der Waals surface area contributed by atoms with E-state index in [-0.39, 0.29) is 16.5 Å². The fourth-order valence-electron chi connectivity index (χ4n) is 2.69. The molecule has 132 valence electrons. The predicted molar refractivity (Wildman–Crippen MR) is 91.8 cm³/mol. The molecule has 1 saturated heterocycles. The molecule has 1 amide bonds. The van der Waals surface area contributed by atoms with Gasteiger partial charge in [-0.05, 0) is 42.8 Å². The SMILES string of the molecule is COc1cc(NS(=O)(=O)c2ccc(F)cc2)ccc1N1CCCC1=O. The van der Waals surface area contributed by atoms with Gasteiger partial charge in [0.2, 0.25) is 5.91 Å². The van der Waals surface area contributed by atoms with Crippen LogP contribution in [0.4, 0.5) is 15.8 Å². The van der Waals surface area contributed by atoms with Gasteiger partial charge in [-0.2, -0.15) is 0 Å². The average Bonchev–Trinajstić information content (AvgIpc) is 3.00. The summed E-state index contributed by atoms with van der Waals surface area (Å²) in [6.07, 6.45) is 1.27. The maximum Gasteiger partial charge on any atom is 0.261 e. The molecule has 0 atom stereocenters. The molecule has 0 radical (unpaired) electrons. The highest BCUT2D eigenvalue weighted by atomic mass is 32.2. The van der Waals surface area contributed by atoms with Gasteiger partial charge in [0.05, 0.1) is 23.4 Å². The Bertz CT molecular complexity index is 897. The molecule has 0 aromatic heterocycles. The summed E-state index contributed by atoms with van der Waals surface area (Å²) in [6.45, 7) is 0.607. The van der Waals surface area contributed by atoms with E-state index in [1.54, 1.807) is 17.0 Å². The van der Waals surface area contributed by atoms with Crippen molar-refractivity contribution in [2.45, 2.75) is 17.7 Å². The summed E-state index contributed by atoms with van der Waals surface area (Å²) in [5.74, 6) is -0.104. The zero-order valence-electron chi connectivity index (χ0n) is 13.5. The molecule has 1 aliphatic rings. The third-order valence-corrected chi connectivity index (χ3v) is 5.32. The third kappa shape index (κ3) is 3.58. The fourth-order valence-corrected chi connectivity index (χ4v) is 3.74. The van der Waals surface area contributed by atoms with Crippen LogP contribution >= 0.6 is 0 Å². The highest BCUT2D eigenvalue weighted by Crippen LogP contribution is 2.34. The number of benzene rings is 2. The molecule has 6 nitrogen and oxygen atoms in total. The van der Waals surface area contributed by atoms with Gasteiger partial charge < -0.3 is 9.64 Å². The lowest BCUT2D eigenvalue weighted by atomic mass is 10.2. The highest BCUT2D eigenvalue weighted by molar-refractivity contribution is 7.92. The van der Waals surface area contributed by atoms with Crippen molar-refractivity contribution in [3.8, 4) is 5.75 Å². The van der Waals surface area contributed by atoms with Crippen LogP contribution in [-0.2, 0) is 14.8 Å². The van der Waals surface area contributed by atoms with Crippen molar-refractivity contribution >= 4 is 27.3 Å². The van der Waals surface area contributed by atoms with Gasteiger partial charge in [-0.25, -0.2) is 12.8 Å². The van der Waals surface area contributed by atoms with Gasteiger partial charge in [0.25, 0.3) is 10.0 Å². The molecule has 1 aliphatic heterocycles. The van der Waals surface area contributed by atoms with E-state index in [1.807, 2.05) is 0 Å². The summed E-state index contributed by atoms with van der Waals surface area (Å²) in [5, 5.41) is 0. The summed E-state index contributed by atoms with van der Waals surface area (Å²) in [6, 6.07) is 9.25. The third-order valence-electron chi connectivity index (χ3n) is 3.92. The van der Waals surface area contributed by atoms with Gasteiger partial charge in [-0.3, -0.25) is 9.52 Å². The van der Waals surface area contributed by atoms with Crippen molar-refractivity contribution in [3.63, 3.8) is 0 Å². The minimum absolute atomic E-state index is 0.0120. The maximum atomic E-state index is 13.0. The van der Waals surface area contributed by atoms with Crippen molar-refractivity contribution < 1.29 is 22.3 Å². The molecule has 1 heterocycles. The second kappa shape index (κ2) is 6.72. The van der Waals surface area contributed by atoms with Crippen LogP contribution < -0.4 is 14.4 Å². The summed E-state index contributed by atoms with van der Waals surface area (Å²) < 4.78 is 45.4. The van der Waals surface area contributed by atoms with Crippen molar-refractivity contribution in [1.82, 2.24) is 0 Å². The summed E-state index contributed by atoms with van der Waals surface area (Å²) >= 11 is 0. The van der Waals surface area contributed by atoms with Crippen LogP contribution in [0.3, 0.4) is 0 Å². The van der Waals surface area contributed by atoms with Gasteiger partial charge in [0.1, 0.15) is 11.6 Å². The van der Waals surface area contributed by atoms with Crippen LogP contribution in [0.5, 0.6) is 5.75 Å². The van der Waals surface area contributed by atoms with Crippen molar-refractivity contribution in [3.05, 3.63) is 48.3 Å². The number of amides is 1. The standard InChI is InChI=1S/C17H17FN2O4S/c1-24-16-11-13(6-9-15(16)20-10-2-3-17(20)21)19-25(22,23)14-7-4-12(18)5-8-14/h4-9,11,19H,2-3,10H2,1H3. The number of anilines is 2. The lowest BCUT2D eigenvalue weighted by molar-refractivity contribution is -0.117. The quantitative estimate of drug-likeness (QED) is 0.885. The van der Waals surface area contributed by atoms with Gasteiger partial charge >= 0.3 is 0 Å². The maximum absolute atomic E-state index is 13.0. The average molecular weight is 364 g/mol. The molecule has 0 bridgehead atoms. The number of halogens is 1. The van der Waals surface area contributed by atoms with Crippen LogP contribution in [0.2, 0.25) is 0 Å². The largest absolute Gasteiger partial charge is 0.494 e. The second-order valence-electron chi connectivity index (χ2n) is 5.59. The number of ether oxygens (including phenoxy) is 1. The van der Waals surface area contributed by atoms with E-state index in [0.29, 0.717) is 24.4 Å². The fraction of sp³-hybridized carbons (Fsp3) is 0.235. The molecule has 2 aromatic carbocycles. The molecule has 3 rings (SSSR count). The Morgan fingerprint density at radius 2 is 1.88 bits per heavy atom. The molecule has 2 aromatic rings. The molecule has 1 fully saturated rings. The van der Waals surface area contributed by atoms with Gasteiger partial charge in [-0.1, -0.05) is 0 Å². The zero-order chi connectivity index (χ0) is 18.0. The number of methoxy groups -OCH3 is 1. The Morgan fingerprint density at radius 3 is 2.48 bits per heavy atom. The first-order chi connectivity index (χ1) is 11.9. The summed E-state index contributed by atoms with van der Waals surface area (Å²) in [4.78, 5) is 13.5. The lowest BCUT2D eigenvalue weighted by Gasteiger charge is -2.20. The Hall–Kier alpha value is -2.61. The van der Waals surface area contributed by atoms with Crippen LogP contribution in [0, 0.1) is 5.82 Å². The van der Waals surface area contributed by atoms with Crippen LogP contribution in [0.15, 0.2) is 47.4 Å². The van der Waals surface area contributed by atoms with Gasteiger partial charge in [0, 0.05) is 19.0 Å². The van der Waals surface area contributed by atoms with Crippen LogP contribution in [-0.4, -0.2) is 28.0 Å². The highest BCUT2D eigenvalue weighted by Gasteiger charge is 2.25. The van der Waals surface area contributed by atoms with Crippen LogP contribution in [0.1, 0.15) is 12.8 Å². The number of carbonyl (C=O) groups excluding carboxylic acids is 1. The number of nitrogens with one attached hydrogen (secondary N) is 1. The van der Waals surface area contributed by atoms with E-state index in [4.69, 9.17) is 4.74 Å². The van der Waals surface area contributed by atoms with Gasteiger partial charge in [-0.15, -0.1) is 0 Å². The van der Waals surface area contributed by atoms with E-state index >= 15 is 0 Å². The molecule has 0 spiro atoms. The molecule has 0 unspecified atom stereocenters. The summed E-state index contributed by atoms with van der Waals surface area (Å²) in [7, 11) is -2.39. The molecule has 0 aliphatic carbocycles. The molecule has 1 N–H and O–H groups in total. The molecule has 0 saturated carbocycles. The Labute approximate surface area is 145 Å². The summed E-state index contributed by atoms with van der Waals surface area (Å²) in [5.41, 5.74) is 0.895. The lowest BCUT2D eigenvalue weighted by Crippen LogP contribution is -2.24. The number of carbonyl (C=O) groups is 1. The first-order valence-electron chi connectivity index (χ1n) is 7.67. The number of hydrogen-bond acceptors (Lipinski definition) is 4. The first-order valence-corrected chi connectivity index (χ1v) is 9.16. The molecule has 8 heteroatoms. The van der Waals surface area contributed by atoms with E-state index in [0.717, 1.165) is 18.6 Å². The van der Waals surface area contributed by atoms with E-state index in [9.17, 15) is 17.6 Å². The Kier molecular flexibility index (Phi) is 4.63. The Balaban J connectivity index is 1.88. The van der Waals surface area contributed by atoms with Crippen molar-refractivity contribution in [2.75, 3.05) is 23.3 Å². The van der Waals surface area contributed by atoms with Crippen molar-refractivity contribution in [1.29, 1.82) is 0 Å². The monoisotopic (exact) mass is 364 g/mol. The minimum Gasteiger partial charge on any atom is -0.494 e. The number of nitrogens with zero attached hydrogens (tertiary/aromatic N) is 1. The minimum atomic E-state index is -3.85. The molecular weight excluding hydrogens is 347 g/mol. The number of rotatable bonds is 5. The van der Waals surface area contributed by atoms with Crippen LogP contribution in [0.25, 0.3) is 0 Å². The normalized spacial score (nSPS) is 14.6. The van der Waals surface area contributed by atoms with Gasteiger partial charge in [0.15, 0.2) is 0 Å². The topological polar surface area (TPSA) is 75.7 Å². The smallest absolute Gasteiger partial charge is 0.261 e. The first kappa shape index (κ1) is 17.2. The molecule has 25 heavy (non-hydrogen) atoms. The van der Waals surface area contributed by atoms with Crippen molar-refractivity contribution in [2.24, 2.45) is 0 Å².